The zero-order valence-corrected chi connectivity index (χ0v) is 14.0. The van der Waals surface area contributed by atoms with Gasteiger partial charge in [-0.25, -0.2) is 13.1 Å². The Morgan fingerprint density at radius 2 is 1.88 bits per heavy atom. The highest BCUT2D eigenvalue weighted by molar-refractivity contribution is 7.89. The molecule has 0 fully saturated rings. The van der Waals surface area contributed by atoms with Crippen molar-refractivity contribution in [1.82, 2.24) is 4.72 Å². The molecule has 0 radical (unpaired) electrons. The van der Waals surface area contributed by atoms with Gasteiger partial charge in [-0.15, -0.1) is 0 Å². The zero-order chi connectivity index (χ0) is 17.3. The van der Waals surface area contributed by atoms with Gasteiger partial charge in [0.2, 0.25) is 10.0 Å². The maximum absolute atomic E-state index is 12.5. The molecule has 0 amide bonds. The Bertz CT molecular complexity index is 893. The topological polar surface area (TPSA) is 89.3 Å². The van der Waals surface area contributed by atoms with Crippen LogP contribution < -0.4 is 4.72 Å². The first kappa shape index (κ1) is 16.6. The van der Waals surface area contributed by atoms with Crippen molar-refractivity contribution < 1.29 is 13.3 Å². The normalized spacial score (nSPS) is 15.0. The summed E-state index contributed by atoms with van der Waals surface area (Å²) in [5.41, 5.74) is 3.24. The maximum Gasteiger partial charge on any atom is 0.270 e. The smallest absolute Gasteiger partial charge is 0.258 e. The first-order chi connectivity index (χ1) is 11.4. The Balaban J connectivity index is 1.83. The molecule has 0 spiro atoms. The average molecular weight is 346 g/mol. The van der Waals surface area contributed by atoms with E-state index in [1.807, 2.05) is 12.1 Å². The lowest BCUT2D eigenvalue weighted by Gasteiger charge is -2.16. The van der Waals surface area contributed by atoms with E-state index in [4.69, 9.17) is 0 Å². The summed E-state index contributed by atoms with van der Waals surface area (Å²) in [4.78, 5) is 10.1. The molecule has 0 unspecified atom stereocenters. The Kier molecular flexibility index (Phi) is 4.38. The second-order valence-corrected chi connectivity index (χ2v) is 7.69. The Hall–Kier alpha value is -2.25. The fourth-order valence-corrected chi connectivity index (χ4v) is 4.27. The van der Waals surface area contributed by atoms with Gasteiger partial charge in [-0.2, -0.15) is 0 Å². The molecule has 0 aliphatic heterocycles. The van der Waals surface area contributed by atoms with E-state index in [0.717, 1.165) is 30.9 Å². The number of non-ortho nitro benzene ring substituents is 1. The summed E-state index contributed by atoms with van der Waals surface area (Å²) < 4.78 is 27.6. The molecule has 7 heteroatoms. The van der Waals surface area contributed by atoms with Gasteiger partial charge in [-0.3, -0.25) is 10.1 Å². The number of hydrogen-bond donors (Lipinski definition) is 1. The number of hydrogen-bond acceptors (Lipinski definition) is 4. The van der Waals surface area contributed by atoms with E-state index in [-0.39, 0.29) is 10.6 Å². The summed E-state index contributed by atoms with van der Waals surface area (Å²) >= 11 is 0. The summed E-state index contributed by atoms with van der Waals surface area (Å²) in [7, 11) is -3.83. The van der Waals surface area contributed by atoms with Crippen LogP contribution in [0.5, 0.6) is 0 Å². The molecule has 2 aromatic carbocycles. The minimum absolute atomic E-state index is 0.107. The third-order valence-electron chi connectivity index (χ3n) is 4.29. The van der Waals surface area contributed by atoms with Crippen LogP contribution in [0.15, 0.2) is 47.4 Å². The van der Waals surface area contributed by atoms with Crippen molar-refractivity contribution in [1.29, 1.82) is 0 Å². The number of nitrogens with zero attached hydrogens (tertiary/aromatic N) is 1. The second kappa shape index (κ2) is 6.33. The van der Waals surface area contributed by atoms with Gasteiger partial charge < -0.3 is 0 Å². The van der Waals surface area contributed by atoms with Crippen molar-refractivity contribution in [2.45, 2.75) is 37.1 Å². The standard InChI is InChI=1S/C17H18N2O4S/c1-12(14-9-8-13-4-2-5-15(13)10-14)18-24(22,23)17-7-3-6-16(11-17)19(20)21/h3,6-12,18H,2,4-5H2,1H3/t12-/m0/s1. The van der Waals surface area contributed by atoms with Crippen LogP contribution in [0.3, 0.4) is 0 Å². The molecule has 0 aromatic heterocycles. The molecular weight excluding hydrogens is 328 g/mol. The van der Waals surface area contributed by atoms with E-state index in [1.54, 1.807) is 6.92 Å². The molecule has 1 atom stereocenters. The number of nitro groups is 1. The van der Waals surface area contributed by atoms with Crippen molar-refractivity contribution >= 4 is 15.7 Å². The Morgan fingerprint density at radius 1 is 1.12 bits per heavy atom. The minimum atomic E-state index is -3.83. The molecule has 1 N–H and O–H groups in total. The highest BCUT2D eigenvalue weighted by atomic mass is 32.2. The quantitative estimate of drug-likeness (QED) is 0.665. The van der Waals surface area contributed by atoms with Crippen LogP contribution in [-0.2, 0) is 22.9 Å². The van der Waals surface area contributed by atoms with E-state index in [2.05, 4.69) is 10.8 Å². The predicted molar refractivity (Wildman–Crippen MR) is 90.3 cm³/mol. The number of fused-ring (bicyclic) bond motifs is 1. The monoisotopic (exact) mass is 346 g/mol. The van der Waals surface area contributed by atoms with Crippen LogP contribution in [0, 0.1) is 10.1 Å². The van der Waals surface area contributed by atoms with Gasteiger partial charge in [-0.1, -0.05) is 24.3 Å². The summed E-state index contributed by atoms with van der Waals surface area (Å²) in [6.45, 7) is 1.77. The number of nitro benzene ring substituents is 1. The van der Waals surface area contributed by atoms with E-state index in [1.165, 1.54) is 29.3 Å². The highest BCUT2D eigenvalue weighted by Gasteiger charge is 2.21. The number of aryl methyl sites for hydroxylation is 2. The van der Waals surface area contributed by atoms with Gasteiger partial charge in [-0.05, 0) is 48.9 Å². The molecule has 3 rings (SSSR count). The van der Waals surface area contributed by atoms with Crippen molar-refractivity contribution in [3.05, 3.63) is 69.3 Å². The van der Waals surface area contributed by atoms with E-state index >= 15 is 0 Å². The van der Waals surface area contributed by atoms with E-state index in [0.29, 0.717) is 0 Å². The summed E-state index contributed by atoms with van der Waals surface area (Å²) in [5.74, 6) is 0. The minimum Gasteiger partial charge on any atom is -0.258 e. The van der Waals surface area contributed by atoms with Crippen molar-refractivity contribution in [2.24, 2.45) is 0 Å². The summed E-state index contributed by atoms with van der Waals surface area (Å²) in [6.07, 6.45) is 3.23. The summed E-state index contributed by atoms with van der Waals surface area (Å²) in [5, 5.41) is 10.8. The van der Waals surface area contributed by atoms with E-state index < -0.39 is 21.0 Å². The van der Waals surface area contributed by atoms with Gasteiger partial charge in [0.15, 0.2) is 0 Å². The molecule has 0 saturated heterocycles. The number of rotatable bonds is 5. The van der Waals surface area contributed by atoms with Crippen LogP contribution >= 0.6 is 0 Å². The van der Waals surface area contributed by atoms with Crippen LogP contribution in [0.2, 0.25) is 0 Å². The molecular formula is C17H18N2O4S. The molecule has 6 nitrogen and oxygen atoms in total. The fourth-order valence-electron chi connectivity index (χ4n) is 2.99. The highest BCUT2D eigenvalue weighted by Crippen LogP contribution is 2.26. The van der Waals surface area contributed by atoms with Crippen molar-refractivity contribution in [2.75, 3.05) is 0 Å². The Morgan fingerprint density at radius 3 is 2.62 bits per heavy atom. The van der Waals surface area contributed by atoms with Gasteiger partial charge in [0.1, 0.15) is 0 Å². The molecule has 0 heterocycles. The first-order valence-corrected chi connectivity index (χ1v) is 9.23. The van der Waals surface area contributed by atoms with Gasteiger partial charge in [0.05, 0.1) is 9.82 Å². The third kappa shape index (κ3) is 3.32. The van der Waals surface area contributed by atoms with Crippen LogP contribution in [0.25, 0.3) is 0 Å². The third-order valence-corrected chi connectivity index (χ3v) is 5.83. The van der Waals surface area contributed by atoms with Crippen LogP contribution in [-0.4, -0.2) is 13.3 Å². The first-order valence-electron chi connectivity index (χ1n) is 7.75. The molecule has 1 aliphatic rings. The second-order valence-electron chi connectivity index (χ2n) is 5.98. The number of benzene rings is 2. The predicted octanol–water partition coefficient (Wildman–Crippen LogP) is 3.12. The SMILES string of the molecule is C[C@H](NS(=O)(=O)c1cccc([N+](=O)[O-])c1)c1ccc2c(c1)CCC2. The lowest BCUT2D eigenvalue weighted by molar-refractivity contribution is -0.385. The molecule has 1 aliphatic carbocycles. The van der Waals surface area contributed by atoms with Gasteiger partial charge >= 0.3 is 0 Å². The number of nitrogens with one attached hydrogen (secondary N) is 1. The molecule has 24 heavy (non-hydrogen) atoms. The lowest BCUT2D eigenvalue weighted by Crippen LogP contribution is -2.27. The number of sulfonamides is 1. The lowest BCUT2D eigenvalue weighted by atomic mass is 10.0. The average Bonchev–Trinajstić information content (AvgIpc) is 3.02. The van der Waals surface area contributed by atoms with E-state index in [9.17, 15) is 18.5 Å². The van der Waals surface area contributed by atoms with Crippen LogP contribution in [0.1, 0.15) is 36.1 Å². The van der Waals surface area contributed by atoms with Gasteiger partial charge in [0.25, 0.3) is 5.69 Å². The molecule has 0 bridgehead atoms. The summed E-state index contributed by atoms with van der Waals surface area (Å²) in [6, 6.07) is 10.7. The maximum atomic E-state index is 12.5. The van der Waals surface area contributed by atoms with Gasteiger partial charge in [0, 0.05) is 18.2 Å². The largest absolute Gasteiger partial charge is 0.270 e. The Labute approximate surface area is 140 Å². The zero-order valence-electron chi connectivity index (χ0n) is 13.2. The molecule has 126 valence electrons. The van der Waals surface area contributed by atoms with Crippen molar-refractivity contribution in [3.63, 3.8) is 0 Å². The molecule has 2 aromatic rings. The molecule has 0 saturated carbocycles. The van der Waals surface area contributed by atoms with Crippen molar-refractivity contribution in [3.8, 4) is 0 Å². The fraction of sp³-hybridized carbons (Fsp3) is 0.294. The van der Waals surface area contributed by atoms with Crippen LogP contribution in [0.4, 0.5) is 5.69 Å².